The van der Waals surface area contributed by atoms with E-state index in [9.17, 15) is 0 Å². The molecule has 2 atom stereocenters. The lowest BCUT2D eigenvalue weighted by atomic mass is 9.88. The summed E-state index contributed by atoms with van der Waals surface area (Å²) in [4.78, 5) is 4.43. The second kappa shape index (κ2) is 5.41. The van der Waals surface area contributed by atoms with Crippen LogP contribution in [-0.4, -0.2) is 23.2 Å². The van der Waals surface area contributed by atoms with Crippen LogP contribution in [0, 0.1) is 12.8 Å². The van der Waals surface area contributed by atoms with E-state index in [0.29, 0.717) is 18.6 Å². The molecule has 0 aliphatic carbocycles. The summed E-state index contributed by atoms with van der Waals surface area (Å²) in [5, 5.41) is 12.5. The van der Waals surface area contributed by atoms with Crippen LogP contribution in [0.4, 0.5) is 0 Å². The number of rotatable bonds is 3. The number of hydrogen-bond donors (Lipinski definition) is 2. The van der Waals surface area contributed by atoms with Crippen molar-refractivity contribution in [3.63, 3.8) is 0 Å². The highest BCUT2D eigenvalue weighted by Gasteiger charge is 2.22. The van der Waals surface area contributed by atoms with E-state index in [-0.39, 0.29) is 0 Å². The molecule has 1 fully saturated rings. The summed E-state index contributed by atoms with van der Waals surface area (Å²) in [5.41, 5.74) is 2.40. The number of nitrogens with zero attached hydrogens (tertiary/aromatic N) is 1. The molecule has 3 nitrogen and oxygen atoms in total. The Balaban J connectivity index is 2.03. The highest BCUT2D eigenvalue weighted by atomic mass is 16.3. The first-order valence-corrected chi connectivity index (χ1v) is 6.06. The third-order valence-electron chi connectivity index (χ3n) is 3.34. The van der Waals surface area contributed by atoms with Gasteiger partial charge in [0.15, 0.2) is 0 Å². The van der Waals surface area contributed by atoms with Crippen LogP contribution >= 0.6 is 0 Å². The number of nitrogens with one attached hydrogen (secondary N) is 1. The van der Waals surface area contributed by atoms with Crippen molar-refractivity contribution in [2.75, 3.05) is 13.2 Å². The molecule has 3 heteroatoms. The molecule has 2 heterocycles. The maximum absolute atomic E-state index is 8.98. The number of aliphatic hydroxyl groups excluding tert-OH is 1. The standard InChI is InChI=1S/C13H20N2O/c1-10-2-5-14-12(8-10)13-9-11(4-7-16)3-6-15-13/h2,5,8,11,13,15-16H,3-4,6-7,9H2,1H3. The zero-order chi connectivity index (χ0) is 11.4. The van der Waals surface area contributed by atoms with E-state index < -0.39 is 0 Å². The van der Waals surface area contributed by atoms with Crippen molar-refractivity contribution in [3.05, 3.63) is 29.6 Å². The summed E-state index contributed by atoms with van der Waals surface area (Å²) in [5.74, 6) is 0.638. The first kappa shape index (κ1) is 11.6. The summed E-state index contributed by atoms with van der Waals surface area (Å²) in [6.45, 7) is 3.43. The zero-order valence-corrected chi connectivity index (χ0v) is 9.82. The Hall–Kier alpha value is -0.930. The second-order valence-corrected chi connectivity index (χ2v) is 4.67. The lowest BCUT2D eigenvalue weighted by Gasteiger charge is -2.29. The first-order chi connectivity index (χ1) is 7.79. The van der Waals surface area contributed by atoms with E-state index in [0.717, 1.165) is 25.1 Å². The van der Waals surface area contributed by atoms with Crippen molar-refractivity contribution in [2.45, 2.75) is 32.2 Å². The zero-order valence-electron chi connectivity index (χ0n) is 9.82. The molecule has 0 radical (unpaired) electrons. The molecule has 0 aromatic carbocycles. The van der Waals surface area contributed by atoms with Gasteiger partial charge in [0, 0.05) is 18.8 Å². The van der Waals surface area contributed by atoms with Gasteiger partial charge in [0.2, 0.25) is 0 Å². The average molecular weight is 220 g/mol. The predicted octanol–water partition coefficient (Wildman–Crippen LogP) is 1.81. The Kier molecular flexibility index (Phi) is 3.91. The molecule has 1 aliphatic rings. The maximum atomic E-state index is 8.98. The Labute approximate surface area is 96.9 Å². The smallest absolute Gasteiger partial charge is 0.0575 e. The quantitative estimate of drug-likeness (QED) is 0.816. The number of aromatic nitrogens is 1. The van der Waals surface area contributed by atoms with Crippen molar-refractivity contribution in [1.29, 1.82) is 0 Å². The van der Waals surface area contributed by atoms with Gasteiger partial charge in [0.05, 0.1) is 5.69 Å². The van der Waals surface area contributed by atoms with Gasteiger partial charge in [-0.25, -0.2) is 0 Å². The molecular formula is C13H20N2O. The van der Waals surface area contributed by atoms with E-state index in [4.69, 9.17) is 5.11 Å². The fraction of sp³-hybridized carbons (Fsp3) is 0.615. The molecule has 0 saturated carbocycles. The van der Waals surface area contributed by atoms with E-state index in [1.807, 2.05) is 12.3 Å². The van der Waals surface area contributed by atoms with Gasteiger partial charge in [-0.3, -0.25) is 4.98 Å². The molecular weight excluding hydrogens is 200 g/mol. The van der Waals surface area contributed by atoms with Gasteiger partial charge in [-0.2, -0.15) is 0 Å². The number of aliphatic hydroxyl groups is 1. The molecule has 0 bridgehead atoms. The topological polar surface area (TPSA) is 45.2 Å². The second-order valence-electron chi connectivity index (χ2n) is 4.67. The van der Waals surface area contributed by atoms with Gasteiger partial charge in [0.25, 0.3) is 0 Å². The molecule has 1 saturated heterocycles. The van der Waals surface area contributed by atoms with Crippen molar-refractivity contribution in [1.82, 2.24) is 10.3 Å². The minimum absolute atomic E-state index is 0.304. The summed E-state index contributed by atoms with van der Waals surface area (Å²) in [6.07, 6.45) is 5.06. The van der Waals surface area contributed by atoms with Crippen LogP contribution in [0.25, 0.3) is 0 Å². The van der Waals surface area contributed by atoms with Gasteiger partial charge in [0.1, 0.15) is 0 Å². The van der Waals surface area contributed by atoms with Crippen LogP contribution in [0.1, 0.15) is 36.6 Å². The van der Waals surface area contributed by atoms with Gasteiger partial charge < -0.3 is 10.4 Å². The normalized spacial score (nSPS) is 25.6. The molecule has 1 aromatic rings. The van der Waals surface area contributed by atoms with Gasteiger partial charge in [-0.1, -0.05) is 0 Å². The minimum atomic E-state index is 0.304. The number of pyridine rings is 1. The van der Waals surface area contributed by atoms with Crippen molar-refractivity contribution < 1.29 is 5.11 Å². The highest BCUT2D eigenvalue weighted by molar-refractivity contribution is 5.17. The van der Waals surface area contributed by atoms with Crippen LogP contribution in [0.15, 0.2) is 18.3 Å². The van der Waals surface area contributed by atoms with Crippen molar-refractivity contribution in [2.24, 2.45) is 5.92 Å². The Morgan fingerprint density at radius 1 is 1.56 bits per heavy atom. The molecule has 2 N–H and O–H groups in total. The first-order valence-electron chi connectivity index (χ1n) is 6.06. The summed E-state index contributed by atoms with van der Waals surface area (Å²) >= 11 is 0. The monoisotopic (exact) mass is 220 g/mol. The highest BCUT2D eigenvalue weighted by Crippen LogP contribution is 2.28. The van der Waals surface area contributed by atoms with Crippen LogP contribution in [0.2, 0.25) is 0 Å². The SMILES string of the molecule is Cc1ccnc(C2CC(CCO)CCN2)c1. The lowest BCUT2D eigenvalue weighted by molar-refractivity contribution is 0.215. The maximum Gasteiger partial charge on any atom is 0.0575 e. The largest absolute Gasteiger partial charge is 0.396 e. The van der Waals surface area contributed by atoms with E-state index in [2.05, 4.69) is 23.3 Å². The fourth-order valence-electron chi connectivity index (χ4n) is 2.42. The van der Waals surface area contributed by atoms with Crippen LogP contribution in [-0.2, 0) is 0 Å². The number of hydrogen-bond acceptors (Lipinski definition) is 3. The van der Waals surface area contributed by atoms with Crippen molar-refractivity contribution in [3.8, 4) is 0 Å². The predicted molar refractivity (Wildman–Crippen MR) is 64.1 cm³/mol. The average Bonchev–Trinajstić information content (AvgIpc) is 2.30. The van der Waals surface area contributed by atoms with Crippen molar-refractivity contribution >= 4 is 0 Å². The summed E-state index contributed by atoms with van der Waals surface area (Å²) in [7, 11) is 0. The molecule has 88 valence electrons. The van der Waals surface area contributed by atoms with E-state index in [1.54, 1.807) is 0 Å². The third kappa shape index (κ3) is 2.80. The van der Waals surface area contributed by atoms with Crippen LogP contribution in [0.3, 0.4) is 0 Å². The Morgan fingerprint density at radius 3 is 3.19 bits per heavy atom. The fourth-order valence-corrected chi connectivity index (χ4v) is 2.42. The third-order valence-corrected chi connectivity index (χ3v) is 3.34. The summed E-state index contributed by atoms with van der Waals surface area (Å²) in [6, 6.07) is 4.54. The van der Waals surface area contributed by atoms with Gasteiger partial charge in [-0.15, -0.1) is 0 Å². The van der Waals surface area contributed by atoms with Crippen LogP contribution < -0.4 is 5.32 Å². The lowest BCUT2D eigenvalue weighted by Crippen LogP contribution is -2.32. The van der Waals surface area contributed by atoms with E-state index >= 15 is 0 Å². The van der Waals surface area contributed by atoms with Gasteiger partial charge >= 0.3 is 0 Å². The number of aryl methyl sites for hydroxylation is 1. The molecule has 2 unspecified atom stereocenters. The molecule has 16 heavy (non-hydrogen) atoms. The molecule has 2 rings (SSSR count). The van der Waals surface area contributed by atoms with Gasteiger partial charge in [-0.05, 0) is 56.3 Å². The molecule has 1 aliphatic heterocycles. The Bertz CT molecular complexity index is 338. The summed E-state index contributed by atoms with van der Waals surface area (Å²) < 4.78 is 0. The minimum Gasteiger partial charge on any atom is -0.396 e. The molecule has 0 spiro atoms. The van der Waals surface area contributed by atoms with Crippen LogP contribution in [0.5, 0.6) is 0 Å². The van der Waals surface area contributed by atoms with E-state index in [1.165, 1.54) is 12.0 Å². The molecule has 0 amide bonds. The number of piperidine rings is 1. The Morgan fingerprint density at radius 2 is 2.44 bits per heavy atom. The molecule has 1 aromatic heterocycles.